The van der Waals surface area contributed by atoms with E-state index in [4.69, 9.17) is 4.74 Å². The van der Waals surface area contributed by atoms with Crippen molar-refractivity contribution in [1.82, 2.24) is 4.98 Å². The van der Waals surface area contributed by atoms with Gasteiger partial charge in [0.2, 0.25) is 5.95 Å². The Balaban J connectivity index is 1.97. The van der Waals surface area contributed by atoms with E-state index in [9.17, 15) is 9.50 Å². The van der Waals surface area contributed by atoms with Crippen molar-refractivity contribution in [1.29, 1.82) is 0 Å². The van der Waals surface area contributed by atoms with Gasteiger partial charge in [-0.25, -0.2) is 4.98 Å². The van der Waals surface area contributed by atoms with E-state index in [0.29, 0.717) is 25.3 Å². The Labute approximate surface area is 93.5 Å². The van der Waals surface area contributed by atoms with E-state index in [1.807, 2.05) is 6.92 Å². The van der Waals surface area contributed by atoms with Gasteiger partial charge < -0.3 is 15.2 Å². The minimum Gasteiger partial charge on any atom is -0.385 e. The molecule has 1 aromatic rings. The summed E-state index contributed by atoms with van der Waals surface area (Å²) in [6.07, 6.45) is 1.78. The van der Waals surface area contributed by atoms with Crippen molar-refractivity contribution in [3.63, 3.8) is 0 Å². The fourth-order valence-corrected chi connectivity index (χ4v) is 1.77. The van der Waals surface area contributed by atoms with E-state index in [2.05, 4.69) is 10.3 Å². The molecule has 0 aliphatic carbocycles. The number of ether oxygens (including phenoxy) is 1. The molecule has 4 nitrogen and oxygen atoms in total. The molecule has 2 unspecified atom stereocenters. The van der Waals surface area contributed by atoms with E-state index in [0.717, 1.165) is 0 Å². The number of hydrogen-bond donors (Lipinski definition) is 2. The van der Waals surface area contributed by atoms with Crippen LogP contribution in [-0.4, -0.2) is 34.9 Å². The van der Waals surface area contributed by atoms with E-state index >= 15 is 0 Å². The first-order chi connectivity index (χ1) is 7.60. The van der Waals surface area contributed by atoms with Crippen LogP contribution < -0.4 is 5.32 Å². The molecule has 1 aliphatic heterocycles. The van der Waals surface area contributed by atoms with E-state index in [1.165, 1.54) is 12.3 Å². The van der Waals surface area contributed by atoms with Gasteiger partial charge in [0, 0.05) is 37.5 Å². The maximum atomic E-state index is 12.8. The number of aliphatic hydroxyl groups is 1. The fraction of sp³-hybridized carbons (Fsp3) is 0.545. The van der Waals surface area contributed by atoms with Gasteiger partial charge in [-0.2, -0.15) is 4.39 Å². The number of halogens is 1. The molecule has 5 heteroatoms. The van der Waals surface area contributed by atoms with E-state index in [-0.39, 0.29) is 6.10 Å². The summed E-state index contributed by atoms with van der Waals surface area (Å²) >= 11 is 0. The van der Waals surface area contributed by atoms with Crippen molar-refractivity contribution in [3.05, 3.63) is 24.3 Å². The summed E-state index contributed by atoms with van der Waals surface area (Å²) in [5, 5.41) is 13.2. The van der Waals surface area contributed by atoms with E-state index in [1.54, 1.807) is 6.07 Å². The predicted octanol–water partition coefficient (Wildman–Crippen LogP) is 1.17. The molecule has 1 aliphatic rings. The van der Waals surface area contributed by atoms with Crippen molar-refractivity contribution in [2.75, 3.05) is 18.5 Å². The third-order valence-electron chi connectivity index (χ3n) is 2.98. The molecule has 2 N–H and O–H groups in total. The maximum Gasteiger partial charge on any atom is 0.214 e. The molecule has 1 aromatic heterocycles. The summed E-state index contributed by atoms with van der Waals surface area (Å²) in [7, 11) is 0. The van der Waals surface area contributed by atoms with Gasteiger partial charge in [-0.05, 0) is 13.0 Å². The highest BCUT2D eigenvalue weighted by Gasteiger charge is 2.39. The number of nitrogens with zero attached hydrogens (tertiary/aromatic N) is 1. The highest BCUT2D eigenvalue weighted by atomic mass is 19.1. The third-order valence-corrected chi connectivity index (χ3v) is 2.98. The normalized spacial score (nSPS) is 29.3. The maximum absolute atomic E-state index is 12.8. The molecule has 0 spiro atoms. The van der Waals surface area contributed by atoms with E-state index < -0.39 is 11.5 Å². The van der Waals surface area contributed by atoms with Crippen LogP contribution in [0.15, 0.2) is 18.3 Å². The molecule has 88 valence electrons. The van der Waals surface area contributed by atoms with Crippen LogP contribution in [0.3, 0.4) is 0 Å². The summed E-state index contributed by atoms with van der Waals surface area (Å²) in [6.45, 7) is 2.74. The van der Waals surface area contributed by atoms with Crippen molar-refractivity contribution in [3.8, 4) is 0 Å². The predicted molar refractivity (Wildman–Crippen MR) is 57.7 cm³/mol. The van der Waals surface area contributed by atoms with Gasteiger partial charge in [0.15, 0.2) is 0 Å². The summed E-state index contributed by atoms with van der Waals surface area (Å²) in [5.74, 6) is -0.535. The molecular formula is C11H15FN2O2. The zero-order valence-electron chi connectivity index (χ0n) is 9.11. The monoisotopic (exact) mass is 226 g/mol. The lowest BCUT2D eigenvalue weighted by atomic mass is 9.97. The highest BCUT2D eigenvalue weighted by molar-refractivity contribution is 5.41. The molecule has 1 fully saturated rings. The molecule has 1 saturated heterocycles. The SMILES string of the molecule is CC1OCCC1(O)CNc1ccnc(F)c1. The van der Waals surface area contributed by atoms with Gasteiger partial charge in [-0.15, -0.1) is 0 Å². The second-order valence-electron chi connectivity index (χ2n) is 4.09. The minimum absolute atomic E-state index is 0.202. The molecule has 0 amide bonds. The number of hydrogen-bond acceptors (Lipinski definition) is 4. The molecule has 2 atom stereocenters. The summed E-state index contributed by atoms with van der Waals surface area (Å²) in [4.78, 5) is 3.46. The third kappa shape index (κ3) is 2.31. The smallest absolute Gasteiger partial charge is 0.214 e. The Kier molecular flexibility index (Phi) is 3.07. The fourth-order valence-electron chi connectivity index (χ4n) is 1.77. The zero-order chi connectivity index (χ0) is 11.6. The molecule has 2 rings (SSSR count). The largest absolute Gasteiger partial charge is 0.385 e. The van der Waals surface area contributed by atoms with Crippen LogP contribution in [0, 0.1) is 5.95 Å². The Bertz CT molecular complexity index is 375. The number of aromatic nitrogens is 1. The van der Waals surface area contributed by atoms with Crippen molar-refractivity contribution < 1.29 is 14.2 Å². The van der Waals surface area contributed by atoms with Crippen LogP contribution in [0.25, 0.3) is 0 Å². The highest BCUT2D eigenvalue weighted by Crippen LogP contribution is 2.25. The van der Waals surface area contributed by atoms with Crippen molar-refractivity contribution in [2.45, 2.75) is 25.0 Å². The standard InChI is InChI=1S/C11H15FN2O2/c1-8-11(15,3-5-16-8)7-14-9-2-4-13-10(12)6-9/h2,4,6,8,15H,3,5,7H2,1H3,(H,13,14). The lowest BCUT2D eigenvalue weighted by Crippen LogP contribution is -2.43. The van der Waals surface area contributed by atoms with Crippen LogP contribution in [0.5, 0.6) is 0 Å². The van der Waals surface area contributed by atoms with Gasteiger partial charge >= 0.3 is 0 Å². The lowest BCUT2D eigenvalue weighted by Gasteiger charge is -2.26. The molecule has 0 saturated carbocycles. The van der Waals surface area contributed by atoms with Crippen molar-refractivity contribution >= 4 is 5.69 Å². The average molecular weight is 226 g/mol. The number of pyridine rings is 1. The molecule has 0 aromatic carbocycles. The molecule has 0 bridgehead atoms. The Morgan fingerprint density at radius 3 is 3.19 bits per heavy atom. The molecular weight excluding hydrogens is 211 g/mol. The van der Waals surface area contributed by atoms with Crippen LogP contribution in [0.1, 0.15) is 13.3 Å². The average Bonchev–Trinajstić information content (AvgIpc) is 2.58. The Hall–Kier alpha value is -1.20. The second kappa shape index (κ2) is 4.35. The summed E-state index contributed by atoms with van der Waals surface area (Å²) < 4.78 is 18.1. The molecule has 2 heterocycles. The number of nitrogens with one attached hydrogen (secondary N) is 1. The van der Waals surface area contributed by atoms with Crippen LogP contribution >= 0.6 is 0 Å². The Morgan fingerprint density at radius 2 is 2.56 bits per heavy atom. The van der Waals surface area contributed by atoms with Gasteiger partial charge in [0.1, 0.15) is 5.60 Å². The van der Waals surface area contributed by atoms with Crippen LogP contribution in [0.4, 0.5) is 10.1 Å². The number of rotatable bonds is 3. The molecule has 16 heavy (non-hydrogen) atoms. The Morgan fingerprint density at radius 1 is 1.75 bits per heavy atom. The van der Waals surface area contributed by atoms with Gasteiger partial charge in [0.05, 0.1) is 6.10 Å². The number of anilines is 1. The first-order valence-corrected chi connectivity index (χ1v) is 5.29. The first kappa shape index (κ1) is 11.3. The lowest BCUT2D eigenvalue weighted by molar-refractivity contribution is -0.0175. The first-order valence-electron chi connectivity index (χ1n) is 5.29. The van der Waals surface area contributed by atoms with Gasteiger partial charge in [-0.3, -0.25) is 0 Å². The summed E-state index contributed by atoms with van der Waals surface area (Å²) in [6, 6.07) is 2.96. The minimum atomic E-state index is -0.875. The second-order valence-corrected chi connectivity index (χ2v) is 4.09. The van der Waals surface area contributed by atoms with Crippen LogP contribution in [0.2, 0.25) is 0 Å². The summed E-state index contributed by atoms with van der Waals surface area (Å²) in [5.41, 5.74) is -0.264. The molecule has 0 radical (unpaired) electrons. The van der Waals surface area contributed by atoms with Crippen molar-refractivity contribution in [2.24, 2.45) is 0 Å². The quantitative estimate of drug-likeness (QED) is 0.760. The zero-order valence-corrected chi connectivity index (χ0v) is 9.11. The topological polar surface area (TPSA) is 54.4 Å². The van der Waals surface area contributed by atoms with Crippen LogP contribution in [-0.2, 0) is 4.74 Å². The van der Waals surface area contributed by atoms with Gasteiger partial charge in [0.25, 0.3) is 0 Å². The van der Waals surface area contributed by atoms with Gasteiger partial charge in [-0.1, -0.05) is 0 Å².